The van der Waals surface area contributed by atoms with Crippen molar-refractivity contribution in [1.29, 1.82) is 0 Å². The van der Waals surface area contributed by atoms with Gasteiger partial charge in [0.05, 0.1) is 6.26 Å². The van der Waals surface area contributed by atoms with E-state index in [1.807, 2.05) is 24.3 Å². The summed E-state index contributed by atoms with van der Waals surface area (Å²) >= 11 is 0. The number of anilines is 1. The van der Waals surface area contributed by atoms with E-state index in [9.17, 15) is 4.79 Å². The van der Waals surface area contributed by atoms with E-state index in [0.717, 1.165) is 11.3 Å². The molecule has 0 bridgehead atoms. The van der Waals surface area contributed by atoms with E-state index in [1.54, 1.807) is 24.5 Å². The number of amides is 1. The largest absolute Gasteiger partial charge is 0.469 e. The number of benzene rings is 1. The van der Waals surface area contributed by atoms with Crippen LogP contribution >= 0.6 is 0 Å². The van der Waals surface area contributed by atoms with Gasteiger partial charge in [0.2, 0.25) is 5.91 Å². The molecule has 0 saturated carbocycles. The number of furan rings is 1. The van der Waals surface area contributed by atoms with Gasteiger partial charge in [-0.2, -0.15) is 0 Å². The van der Waals surface area contributed by atoms with Crippen molar-refractivity contribution >= 4 is 17.7 Å². The van der Waals surface area contributed by atoms with Gasteiger partial charge in [-0.15, -0.1) is 0 Å². The van der Waals surface area contributed by atoms with Crippen LogP contribution in [0.5, 0.6) is 0 Å². The smallest absolute Gasteiger partial charge is 0.244 e. The lowest BCUT2D eigenvalue weighted by Crippen LogP contribution is -2.23. The summed E-state index contributed by atoms with van der Waals surface area (Å²) in [6, 6.07) is 11.0. The topological polar surface area (TPSA) is 68.3 Å². The molecule has 0 radical (unpaired) electrons. The first-order chi connectivity index (χ1) is 9.24. The van der Waals surface area contributed by atoms with Crippen molar-refractivity contribution in [3.63, 3.8) is 0 Å². The Bertz CT molecular complexity index is 542. The number of carbonyl (C=O) groups is 1. The molecular weight excluding hydrogens is 240 g/mol. The monoisotopic (exact) mass is 256 g/mol. The average molecular weight is 256 g/mol. The van der Waals surface area contributed by atoms with Gasteiger partial charge in [-0.05, 0) is 35.9 Å². The Morgan fingerprint density at radius 2 is 2.05 bits per heavy atom. The molecule has 2 aromatic rings. The number of carbonyl (C=O) groups excluding carboxylic acids is 1. The van der Waals surface area contributed by atoms with Crippen molar-refractivity contribution in [2.45, 2.75) is 6.42 Å². The number of nitrogen functional groups attached to an aromatic ring is 1. The summed E-state index contributed by atoms with van der Waals surface area (Å²) in [6.45, 7) is 0.554. The minimum absolute atomic E-state index is 0.122. The van der Waals surface area contributed by atoms with Gasteiger partial charge < -0.3 is 15.5 Å². The van der Waals surface area contributed by atoms with Crippen molar-refractivity contribution in [3.05, 3.63) is 60.1 Å². The van der Waals surface area contributed by atoms with Crippen LogP contribution in [-0.4, -0.2) is 12.5 Å². The predicted octanol–water partition coefficient (Wildman–Crippen LogP) is 2.23. The van der Waals surface area contributed by atoms with Gasteiger partial charge in [-0.25, -0.2) is 0 Å². The summed E-state index contributed by atoms with van der Waals surface area (Å²) in [7, 11) is 0. The third-order valence-corrected chi connectivity index (χ3v) is 2.61. The molecule has 3 N–H and O–H groups in total. The number of hydrogen-bond acceptors (Lipinski definition) is 3. The highest BCUT2D eigenvalue weighted by Crippen LogP contribution is 2.06. The molecule has 0 aliphatic rings. The molecule has 4 nitrogen and oxygen atoms in total. The Balaban J connectivity index is 1.76. The molecular formula is C15H16N2O2. The second-order valence-electron chi connectivity index (χ2n) is 4.12. The molecule has 2 rings (SSSR count). The molecule has 0 fully saturated rings. The molecule has 0 unspecified atom stereocenters. The van der Waals surface area contributed by atoms with Crippen LogP contribution in [0.25, 0.3) is 6.08 Å². The van der Waals surface area contributed by atoms with Crippen LogP contribution in [0.2, 0.25) is 0 Å². The van der Waals surface area contributed by atoms with Gasteiger partial charge >= 0.3 is 0 Å². The minimum atomic E-state index is -0.122. The van der Waals surface area contributed by atoms with Crippen LogP contribution in [0.4, 0.5) is 5.69 Å². The molecule has 0 aliphatic carbocycles. The maximum atomic E-state index is 11.6. The fourth-order valence-corrected chi connectivity index (χ4v) is 1.60. The van der Waals surface area contributed by atoms with Crippen LogP contribution < -0.4 is 11.1 Å². The van der Waals surface area contributed by atoms with Crippen molar-refractivity contribution in [3.8, 4) is 0 Å². The molecule has 1 aromatic heterocycles. The highest BCUT2D eigenvalue weighted by atomic mass is 16.3. The van der Waals surface area contributed by atoms with E-state index in [2.05, 4.69) is 5.32 Å². The van der Waals surface area contributed by atoms with Crippen LogP contribution in [-0.2, 0) is 11.2 Å². The van der Waals surface area contributed by atoms with E-state index in [1.165, 1.54) is 6.08 Å². The zero-order valence-electron chi connectivity index (χ0n) is 10.5. The number of nitrogens with one attached hydrogen (secondary N) is 1. The molecule has 1 heterocycles. The third-order valence-electron chi connectivity index (χ3n) is 2.61. The second kappa shape index (κ2) is 6.44. The van der Waals surface area contributed by atoms with E-state index in [-0.39, 0.29) is 5.91 Å². The molecule has 0 aliphatic heterocycles. The van der Waals surface area contributed by atoms with E-state index < -0.39 is 0 Å². The van der Waals surface area contributed by atoms with Crippen molar-refractivity contribution in [1.82, 2.24) is 5.32 Å². The van der Waals surface area contributed by atoms with Crippen LogP contribution in [0.1, 0.15) is 11.3 Å². The third kappa shape index (κ3) is 4.35. The summed E-state index contributed by atoms with van der Waals surface area (Å²) < 4.78 is 5.17. The van der Waals surface area contributed by atoms with Gasteiger partial charge in [0.1, 0.15) is 5.76 Å². The van der Waals surface area contributed by atoms with Gasteiger partial charge in [0.25, 0.3) is 0 Å². The normalized spacial score (nSPS) is 10.7. The van der Waals surface area contributed by atoms with E-state index in [0.29, 0.717) is 18.7 Å². The number of rotatable bonds is 5. The van der Waals surface area contributed by atoms with E-state index in [4.69, 9.17) is 10.2 Å². The number of nitrogens with two attached hydrogens (primary N) is 1. The van der Waals surface area contributed by atoms with Crippen molar-refractivity contribution in [2.75, 3.05) is 12.3 Å². The molecule has 1 aromatic carbocycles. The lowest BCUT2D eigenvalue weighted by molar-refractivity contribution is -0.116. The van der Waals surface area contributed by atoms with Crippen molar-refractivity contribution < 1.29 is 9.21 Å². The second-order valence-corrected chi connectivity index (χ2v) is 4.12. The van der Waals surface area contributed by atoms with Gasteiger partial charge in [0, 0.05) is 24.7 Å². The fourth-order valence-electron chi connectivity index (χ4n) is 1.60. The van der Waals surface area contributed by atoms with Crippen LogP contribution in [0.3, 0.4) is 0 Å². The Kier molecular flexibility index (Phi) is 4.39. The highest BCUT2D eigenvalue weighted by molar-refractivity contribution is 5.91. The zero-order valence-corrected chi connectivity index (χ0v) is 10.5. The van der Waals surface area contributed by atoms with Gasteiger partial charge in [-0.3, -0.25) is 4.79 Å². The molecule has 19 heavy (non-hydrogen) atoms. The van der Waals surface area contributed by atoms with E-state index >= 15 is 0 Å². The SMILES string of the molecule is Nc1ccc(/C=C/C(=O)NCCc2ccco2)cc1. The molecule has 0 atom stereocenters. The van der Waals surface area contributed by atoms with Crippen LogP contribution in [0.15, 0.2) is 53.2 Å². The first kappa shape index (κ1) is 13.0. The molecule has 0 spiro atoms. The highest BCUT2D eigenvalue weighted by Gasteiger charge is 1.98. The Morgan fingerprint density at radius 3 is 2.74 bits per heavy atom. The molecule has 4 heteroatoms. The molecule has 98 valence electrons. The zero-order chi connectivity index (χ0) is 13.5. The van der Waals surface area contributed by atoms with Gasteiger partial charge in [0.15, 0.2) is 0 Å². The minimum Gasteiger partial charge on any atom is -0.469 e. The summed E-state index contributed by atoms with van der Waals surface area (Å²) in [5.74, 6) is 0.742. The Hall–Kier alpha value is -2.49. The maximum Gasteiger partial charge on any atom is 0.244 e. The Labute approximate surface area is 111 Å². The first-order valence-corrected chi connectivity index (χ1v) is 6.08. The Morgan fingerprint density at radius 1 is 1.26 bits per heavy atom. The maximum absolute atomic E-state index is 11.6. The quantitative estimate of drug-likeness (QED) is 0.636. The molecule has 0 saturated heterocycles. The lowest BCUT2D eigenvalue weighted by Gasteiger charge is -2.00. The molecule has 1 amide bonds. The predicted molar refractivity (Wildman–Crippen MR) is 75.3 cm³/mol. The summed E-state index contributed by atoms with van der Waals surface area (Å²) in [5, 5.41) is 2.79. The van der Waals surface area contributed by atoms with Gasteiger partial charge in [-0.1, -0.05) is 12.1 Å². The fraction of sp³-hybridized carbons (Fsp3) is 0.133. The number of hydrogen-bond donors (Lipinski definition) is 2. The summed E-state index contributed by atoms with van der Waals surface area (Å²) in [5.41, 5.74) is 7.23. The first-order valence-electron chi connectivity index (χ1n) is 6.08. The summed E-state index contributed by atoms with van der Waals surface area (Å²) in [4.78, 5) is 11.6. The average Bonchev–Trinajstić information content (AvgIpc) is 2.91. The van der Waals surface area contributed by atoms with Crippen LogP contribution in [0, 0.1) is 0 Å². The summed E-state index contributed by atoms with van der Waals surface area (Å²) in [6.07, 6.45) is 5.57. The standard InChI is InChI=1S/C15H16N2O2/c16-13-6-3-12(4-7-13)5-8-15(18)17-10-9-14-2-1-11-19-14/h1-8,11H,9-10,16H2,(H,17,18)/b8-5+. The van der Waals surface area contributed by atoms with Crippen molar-refractivity contribution in [2.24, 2.45) is 0 Å². The lowest BCUT2D eigenvalue weighted by atomic mass is 10.2.